The summed E-state index contributed by atoms with van der Waals surface area (Å²) in [5.41, 5.74) is 0.0471. The highest BCUT2D eigenvalue weighted by Gasteiger charge is 2.35. The Hall–Kier alpha value is -3.72. The van der Waals surface area contributed by atoms with Gasteiger partial charge < -0.3 is 29.5 Å². The monoisotopic (exact) mass is 677 g/mol. The maximum absolute atomic E-state index is 13.1. The average Bonchev–Trinajstić information content (AvgIpc) is 3.74. The maximum atomic E-state index is 13.1. The van der Waals surface area contributed by atoms with Crippen LogP contribution in [0.15, 0.2) is 71.8 Å². The van der Waals surface area contributed by atoms with Crippen molar-refractivity contribution in [3.8, 4) is 5.75 Å². The van der Waals surface area contributed by atoms with E-state index in [0.717, 1.165) is 18.6 Å². The third-order valence-corrected chi connectivity index (χ3v) is 10.1. The van der Waals surface area contributed by atoms with Gasteiger partial charge in [-0.05, 0) is 60.5 Å². The van der Waals surface area contributed by atoms with E-state index in [-0.39, 0.29) is 28.4 Å². The summed E-state index contributed by atoms with van der Waals surface area (Å²) >= 11 is 0. The fourth-order valence-corrected chi connectivity index (χ4v) is 6.52. The lowest BCUT2D eigenvalue weighted by molar-refractivity contribution is -0.137. The quantitative estimate of drug-likeness (QED) is 0.270. The van der Waals surface area contributed by atoms with Crippen molar-refractivity contribution in [3.63, 3.8) is 0 Å². The number of alkyl halides is 3. The summed E-state index contributed by atoms with van der Waals surface area (Å²) in [6.07, 6.45) is -1.88. The molecule has 1 aromatic heterocycles. The van der Waals surface area contributed by atoms with Crippen LogP contribution in [0.3, 0.4) is 0 Å². The van der Waals surface area contributed by atoms with E-state index in [4.69, 9.17) is 14.2 Å². The highest BCUT2D eigenvalue weighted by atomic mass is 32.2. The highest BCUT2D eigenvalue weighted by molar-refractivity contribution is 7.91. The molecule has 0 aliphatic carbocycles. The minimum atomic E-state index is -4.44. The lowest BCUT2D eigenvalue weighted by Crippen LogP contribution is -2.35. The molecule has 2 N–H and O–H groups in total. The molecule has 0 bridgehead atoms. The van der Waals surface area contributed by atoms with Crippen molar-refractivity contribution in [1.29, 1.82) is 0 Å². The molecule has 3 heterocycles. The first-order valence-electron chi connectivity index (χ1n) is 15.4. The normalized spacial score (nSPS) is 20.7. The van der Waals surface area contributed by atoms with Crippen molar-refractivity contribution >= 4 is 21.6 Å². The summed E-state index contributed by atoms with van der Waals surface area (Å²) in [4.78, 5) is 19.8. The van der Waals surface area contributed by atoms with Gasteiger partial charge in [0.2, 0.25) is 0 Å². The number of pyridine rings is 1. The molecule has 2 aliphatic heterocycles. The Balaban J connectivity index is 1.25. The molecular formula is C33H38F3N3O7S. The number of nitrogens with one attached hydrogen (secondary N) is 1. The Morgan fingerprint density at radius 2 is 1.85 bits per heavy atom. The fraction of sp³-hybridized carbons (Fsp3) is 0.455. The summed E-state index contributed by atoms with van der Waals surface area (Å²) in [5, 5.41) is 12.7. The number of rotatable bonds is 13. The molecule has 1 amide bonds. The van der Waals surface area contributed by atoms with E-state index in [9.17, 15) is 31.5 Å². The van der Waals surface area contributed by atoms with Crippen LogP contribution in [0.5, 0.6) is 5.75 Å². The zero-order chi connectivity index (χ0) is 33.6. The van der Waals surface area contributed by atoms with E-state index in [0.29, 0.717) is 62.4 Å². The minimum absolute atomic E-state index is 0.0383. The number of amides is 1. The molecule has 2 fully saturated rings. The molecule has 2 aromatic carbocycles. The predicted octanol–water partition coefficient (Wildman–Crippen LogP) is 4.44. The SMILES string of the molecule is CCS(=O)(=O)c1ccc([C@H](CO)NC(=O)c2ccc(N3C[C@H](Oc4ccc(C(F)(F)F)cc4)C[C@H]3COCC3CCOC3)nc2)cc1. The van der Waals surface area contributed by atoms with Gasteiger partial charge in [0.05, 0.1) is 66.8 Å². The molecule has 10 nitrogen and oxygen atoms in total. The number of aromatic nitrogens is 1. The lowest BCUT2D eigenvalue weighted by Gasteiger charge is -2.26. The van der Waals surface area contributed by atoms with Crippen molar-refractivity contribution in [2.24, 2.45) is 5.92 Å². The van der Waals surface area contributed by atoms with Gasteiger partial charge in [-0.3, -0.25) is 4.79 Å². The Labute approximate surface area is 271 Å². The van der Waals surface area contributed by atoms with Crippen LogP contribution < -0.4 is 15.0 Å². The van der Waals surface area contributed by atoms with E-state index < -0.39 is 40.1 Å². The van der Waals surface area contributed by atoms with Crippen LogP contribution in [0, 0.1) is 5.92 Å². The third kappa shape index (κ3) is 8.80. The first-order chi connectivity index (χ1) is 22.5. The first-order valence-corrected chi connectivity index (χ1v) is 17.1. The van der Waals surface area contributed by atoms with Gasteiger partial charge in [0.1, 0.15) is 17.7 Å². The van der Waals surface area contributed by atoms with Gasteiger partial charge in [0.15, 0.2) is 9.84 Å². The molecule has 1 unspecified atom stereocenters. The van der Waals surface area contributed by atoms with Gasteiger partial charge >= 0.3 is 6.18 Å². The topological polar surface area (TPSA) is 127 Å². The number of nitrogens with zero attached hydrogens (tertiary/aromatic N) is 2. The molecule has 0 radical (unpaired) electrons. The van der Waals surface area contributed by atoms with Crippen LogP contribution in [0.4, 0.5) is 19.0 Å². The number of aliphatic hydroxyl groups is 1. The number of ether oxygens (including phenoxy) is 3. The molecule has 0 saturated carbocycles. The number of sulfone groups is 1. The number of carbonyl (C=O) groups is 1. The van der Waals surface area contributed by atoms with E-state index in [1.54, 1.807) is 31.2 Å². The second-order valence-corrected chi connectivity index (χ2v) is 13.9. The molecule has 3 aromatic rings. The number of anilines is 1. The van der Waals surface area contributed by atoms with Crippen molar-refractivity contribution in [3.05, 3.63) is 83.6 Å². The lowest BCUT2D eigenvalue weighted by atomic mass is 10.1. The van der Waals surface area contributed by atoms with Crippen LogP contribution >= 0.6 is 0 Å². The standard InChI is InChI=1S/C33H38F3N3O7S/c1-2-47(42,43)29-10-3-23(4-11-29)30(18-40)38-32(41)24-5-12-31(37-16-24)39-17-28(15-26(39)21-45-20-22-13-14-44-19-22)46-27-8-6-25(7-9-27)33(34,35)36/h3-12,16,22,26,28,30,40H,2,13-15,17-21H2,1H3,(H,38,41)/t22?,26-,28+,30-/m0/s1. The Kier molecular flexibility index (Phi) is 11.1. The smallest absolute Gasteiger partial charge is 0.416 e. The van der Waals surface area contributed by atoms with Gasteiger partial charge in [0.25, 0.3) is 5.91 Å². The number of carbonyl (C=O) groups excluding carboxylic acids is 1. The Morgan fingerprint density at radius 1 is 1.11 bits per heavy atom. The minimum Gasteiger partial charge on any atom is -0.489 e. The molecular weight excluding hydrogens is 639 g/mol. The van der Waals surface area contributed by atoms with Crippen molar-refractivity contribution in [2.75, 3.05) is 50.2 Å². The maximum Gasteiger partial charge on any atom is 0.416 e. The molecule has 2 saturated heterocycles. The third-order valence-electron chi connectivity index (χ3n) is 8.36. The Morgan fingerprint density at radius 3 is 2.45 bits per heavy atom. The van der Waals surface area contributed by atoms with E-state index in [2.05, 4.69) is 10.3 Å². The second kappa shape index (κ2) is 15.0. The molecule has 5 rings (SSSR count). The predicted molar refractivity (Wildman–Crippen MR) is 167 cm³/mol. The zero-order valence-corrected chi connectivity index (χ0v) is 26.7. The fourth-order valence-electron chi connectivity index (χ4n) is 5.64. The van der Waals surface area contributed by atoms with Gasteiger partial charge in [-0.15, -0.1) is 0 Å². The first kappa shape index (κ1) is 34.6. The zero-order valence-electron chi connectivity index (χ0n) is 25.9. The highest BCUT2D eigenvalue weighted by Crippen LogP contribution is 2.32. The van der Waals surface area contributed by atoms with E-state index >= 15 is 0 Å². The van der Waals surface area contributed by atoms with Crippen LogP contribution in [0.2, 0.25) is 0 Å². The van der Waals surface area contributed by atoms with Gasteiger partial charge in [-0.2, -0.15) is 13.2 Å². The molecule has 0 spiro atoms. The molecule has 254 valence electrons. The largest absolute Gasteiger partial charge is 0.489 e. The summed E-state index contributed by atoms with van der Waals surface area (Å²) < 4.78 is 80.8. The molecule has 4 atom stereocenters. The van der Waals surface area contributed by atoms with Crippen LogP contribution in [0.25, 0.3) is 0 Å². The van der Waals surface area contributed by atoms with E-state index in [1.165, 1.54) is 30.5 Å². The van der Waals surface area contributed by atoms with Gasteiger partial charge in [-0.1, -0.05) is 19.1 Å². The van der Waals surface area contributed by atoms with Gasteiger partial charge in [-0.25, -0.2) is 13.4 Å². The average molecular weight is 678 g/mol. The molecule has 47 heavy (non-hydrogen) atoms. The second-order valence-electron chi connectivity index (χ2n) is 11.7. The summed E-state index contributed by atoms with van der Waals surface area (Å²) in [5.74, 6) is 0.711. The van der Waals surface area contributed by atoms with Gasteiger partial charge in [0, 0.05) is 25.1 Å². The number of hydrogen-bond acceptors (Lipinski definition) is 9. The van der Waals surface area contributed by atoms with E-state index in [1.807, 2.05) is 4.90 Å². The summed E-state index contributed by atoms with van der Waals surface area (Å²) in [6, 6.07) is 13.0. The number of benzene rings is 2. The van der Waals surface area contributed by atoms with Crippen LogP contribution in [0.1, 0.15) is 47.3 Å². The van der Waals surface area contributed by atoms with Crippen molar-refractivity contribution in [2.45, 2.75) is 49.0 Å². The number of hydrogen-bond donors (Lipinski definition) is 2. The van der Waals surface area contributed by atoms with Crippen molar-refractivity contribution in [1.82, 2.24) is 10.3 Å². The number of aliphatic hydroxyl groups excluding tert-OH is 1. The summed E-state index contributed by atoms with van der Waals surface area (Å²) in [6.45, 7) is 3.84. The Bertz CT molecular complexity index is 1580. The van der Waals surface area contributed by atoms with Crippen molar-refractivity contribution < 1.29 is 45.7 Å². The number of halogens is 3. The molecule has 2 aliphatic rings. The molecule has 14 heteroatoms. The van der Waals surface area contributed by atoms with Crippen LogP contribution in [-0.4, -0.2) is 81.9 Å². The van der Waals surface area contributed by atoms with Crippen LogP contribution in [-0.2, 0) is 25.5 Å². The summed E-state index contributed by atoms with van der Waals surface area (Å²) in [7, 11) is -3.38.